The molecule has 0 aromatic heterocycles. The van der Waals surface area contributed by atoms with E-state index in [1.165, 1.54) is 6.92 Å². The third kappa shape index (κ3) is 4.50. The van der Waals surface area contributed by atoms with Crippen LogP contribution in [-0.2, 0) is 9.59 Å². The molecule has 0 bridgehead atoms. The molecule has 6 heteroatoms. The first-order chi connectivity index (χ1) is 8.93. The van der Waals surface area contributed by atoms with Gasteiger partial charge >= 0.3 is 5.97 Å². The Balaban J connectivity index is 2.76. The summed E-state index contributed by atoms with van der Waals surface area (Å²) >= 11 is 0. The molecule has 104 valence electrons. The normalized spacial score (nSPS) is 11.5. The fraction of sp³-hybridized carbons (Fsp3) is 0.385. The molecule has 1 atom stereocenters. The van der Waals surface area contributed by atoms with Gasteiger partial charge in [0.15, 0.2) is 0 Å². The van der Waals surface area contributed by atoms with Crippen LogP contribution in [0.4, 0.5) is 5.69 Å². The van der Waals surface area contributed by atoms with Gasteiger partial charge in [-0.1, -0.05) is 6.07 Å². The summed E-state index contributed by atoms with van der Waals surface area (Å²) in [7, 11) is 1.54. The highest BCUT2D eigenvalue weighted by Gasteiger charge is 2.18. The number of hydrogen-bond donors (Lipinski definition) is 3. The van der Waals surface area contributed by atoms with E-state index in [4.69, 9.17) is 9.84 Å². The van der Waals surface area contributed by atoms with Crippen LogP contribution >= 0.6 is 0 Å². The molecule has 1 rings (SSSR count). The van der Waals surface area contributed by atoms with Crippen LogP contribution in [-0.4, -0.2) is 36.7 Å². The molecule has 0 saturated heterocycles. The predicted molar refractivity (Wildman–Crippen MR) is 71.5 cm³/mol. The van der Waals surface area contributed by atoms with Gasteiger partial charge < -0.3 is 20.5 Å². The number of carbonyl (C=O) groups excluding carboxylic acids is 1. The number of carbonyl (C=O) groups is 2. The number of anilines is 1. The van der Waals surface area contributed by atoms with Crippen molar-refractivity contribution in [3.8, 4) is 5.75 Å². The molecule has 0 aliphatic rings. The minimum atomic E-state index is -1.09. The Kier molecular flexibility index (Phi) is 5.17. The van der Waals surface area contributed by atoms with E-state index < -0.39 is 12.0 Å². The van der Waals surface area contributed by atoms with E-state index in [9.17, 15) is 9.59 Å². The summed E-state index contributed by atoms with van der Waals surface area (Å²) in [6.07, 6.45) is 0. The lowest BCUT2D eigenvalue weighted by Crippen LogP contribution is -2.44. The highest BCUT2D eigenvalue weighted by Crippen LogP contribution is 2.24. The highest BCUT2D eigenvalue weighted by molar-refractivity contribution is 5.82. The van der Waals surface area contributed by atoms with Crippen LogP contribution in [0.15, 0.2) is 18.2 Å². The van der Waals surface area contributed by atoms with E-state index in [1.807, 2.05) is 19.1 Å². The largest absolute Gasteiger partial charge is 0.495 e. The Morgan fingerprint density at radius 2 is 2.11 bits per heavy atom. The van der Waals surface area contributed by atoms with E-state index in [0.717, 1.165) is 5.56 Å². The molecule has 19 heavy (non-hydrogen) atoms. The second-order valence-corrected chi connectivity index (χ2v) is 4.18. The number of nitrogens with one attached hydrogen (secondary N) is 2. The second kappa shape index (κ2) is 6.63. The number of aryl methyl sites for hydroxylation is 1. The molecule has 0 aliphatic carbocycles. The Hall–Kier alpha value is -2.24. The molecule has 0 heterocycles. The first-order valence-corrected chi connectivity index (χ1v) is 5.82. The molecule has 6 nitrogen and oxygen atoms in total. The fourth-order valence-electron chi connectivity index (χ4n) is 1.62. The van der Waals surface area contributed by atoms with E-state index in [0.29, 0.717) is 11.4 Å². The SMILES string of the molecule is COc1ccc(C)cc1NCC(NC(C)=O)C(=O)O. The van der Waals surface area contributed by atoms with Gasteiger partial charge in [0.05, 0.1) is 12.8 Å². The molecule has 1 aromatic rings. The Bertz CT molecular complexity index is 474. The van der Waals surface area contributed by atoms with Gasteiger partial charge in [-0.3, -0.25) is 4.79 Å². The van der Waals surface area contributed by atoms with E-state index >= 15 is 0 Å². The average molecular weight is 266 g/mol. The predicted octanol–water partition coefficient (Wildman–Crippen LogP) is 1.00. The van der Waals surface area contributed by atoms with Crippen LogP contribution in [0.5, 0.6) is 5.75 Å². The molecule has 3 N–H and O–H groups in total. The molecular formula is C13H18N2O4. The lowest BCUT2D eigenvalue weighted by Gasteiger charge is -2.17. The first-order valence-electron chi connectivity index (χ1n) is 5.82. The van der Waals surface area contributed by atoms with Crippen molar-refractivity contribution in [2.24, 2.45) is 0 Å². The second-order valence-electron chi connectivity index (χ2n) is 4.18. The zero-order valence-electron chi connectivity index (χ0n) is 11.2. The number of aliphatic carboxylic acids is 1. The maximum absolute atomic E-state index is 11.0. The van der Waals surface area contributed by atoms with Crippen molar-refractivity contribution in [2.75, 3.05) is 19.0 Å². The van der Waals surface area contributed by atoms with Gasteiger partial charge in [0.25, 0.3) is 0 Å². The van der Waals surface area contributed by atoms with E-state index in [-0.39, 0.29) is 12.5 Å². The van der Waals surface area contributed by atoms with E-state index in [1.54, 1.807) is 13.2 Å². The zero-order chi connectivity index (χ0) is 14.4. The van der Waals surface area contributed by atoms with Gasteiger partial charge in [-0.05, 0) is 24.6 Å². The number of amides is 1. The molecular weight excluding hydrogens is 248 g/mol. The number of carboxylic acids is 1. The Morgan fingerprint density at radius 1 is 1.42 bits per heavy atom. The molecule has 0 spiro atoms. The fourth-order valence-corrected chi connectivity index (χ4v) is 1.62. The summed E-state index contributed by atoms with van der Waals surface area (Å²) in [5.74, 6) is -0.850. The highest BCUT2D eigenvalue weighted by atomic mass is 16.5. The Labute approximate surface area is 111 Å². The summed E-state index contributed by atoms with van der Waals surface area (Å²) in [4.78, 5) is 21.9. The number of carboxylic acid groups (broad SMARTS) is 1. The topological polar surface area (TPSA) is 87.7 Å². The molecule has 0 fully saturated rings. The number of rotatable bonds is 6. The van der Waals surface area contributed by atoms with Gasteiger partial charge in [0.1, 0.15) is 11.8 Å². The van der Waals surface area contributed by atoms with Crippen molar-refractivity contribution in [3.05, 3.63) is 23.8 Å². The van der Waals surface area contributed by atoms with Crippen molar-refractivity contribution in [1.82, 2.24) is 5.32 Å². The molecule has 0 radical (unpaired) electrons. The Morgan fingerprint density at radius 3 is 2.63 bits per heavy atom. The smallest absolute Gasteiger partial charge is 0.328 e. The molecule has 0 aliphatic heterocycles. The van der Waals surface area contributed by atoms with Crippen molar-refractivity contribution in [3.63, 3.8) is 0 Å². The summed E-state index contributed by atoms with van der Waals surface area (Å²) in [5.41, 5.74) is 1.72. The maximum atomic E-state index is 11.0. The van der Waals surface area contributed by atoms with Crippen molar-refractivity contribution in [2.45, 2.75) is 19.9 Å². The zero-order valence-corrected chi connectivity index (χ0v) is 11.2. The van der Waals surface area contributed by atoms with Crippen molar-refractivity contribution >= 4 is 17.6 Å². The number of hydrogen-bond acceptors (Lipinski definition) is 4. The van der Waals surface area contributed by atoms with Gasteiger partial charge in [-0.15, -0.1) is 0 Å². The first kappa shape index (κ1) is 14.8. The van der Waals surface area contributed by atoms with Gasteiger partial charge in [-0.25, -0.2) is 4.79 Å². The van der Waals surface area contributed by atoms with Crippen LogP contribution in [0, 0.1) is 6.92 Å². The summed E-state index contributed by atoms with van der Waals surface area (Å²) in [6.45, 7) is 3.28. The van der Waals surface area contributed by atoms with Gasteiger partial charge in [-0.2, -0.15) is 0 Å². The quantitative estimate of drug-likeness (QED) is 0.715. The molecule has 0 saturated carbocycles. The maximum Gasteiger partial charge on any atom is 0.328 e. The van der Waals surface area contributed by atoms with Crippen LogP contribution in [0.25, 0.3) is 0 Å². The summed E-state index contributed by atoms with van der Waals surface area (Å²) in [5, 5.41) is 14.3. The lowest BCUT2D eigenvalue weighted by molar-refractivity contribution is -0.141. The number of ether oxygens (including phenoxy) is 1. The summed E-state index contributed by atoms with van der Waals surface area (Å²) in [6, 6.07) is 4.56. The van der Waals surface area contributed by atoms with Crippen molar-refractivity contribution in [1.29, 1.82) is 0 Å². The van der Waals surface area contributed by atoms with Gasteiger partial charge in [0, 0.05) is 13.5 Å². The third-order valence-corrected chi connectivity index (χ3v) is 2.53. The van der Waals surface area contributed by atoms with Crippen molar-refractivity contribution < 1.29 is 19.4 Å². The number of benzene rings is 1. The van der Waals surface area contributed by atoms with Crippen LogP contribution in [0.1, 0.15) is 12.5 Å². The third-order valence-electron chi connectivity index (χ3n) is 2.53. The molecule has 1 amide bonds. The summed E-state index contributed by atoms with van der Waals surface area (Å²) < 4.78 is 5.18. The molecule has 1 aromatic carbocycles. The van der Waals surface area contributed by atoms with E-state index in [2.05, 4.69) is 10.6 Å². The molecule has 1 unspecified atom stereocenters. The van der Waals surface area contributed by atoms with Crippen LogP contribution in [0.2, 0.25) is 0 Å². The lowest BCUT2D eigenvalue weighted by atomic mass is 10.2. The minimum absolute atomic E-state index is 0.0781. The average Bonchev–Trinajstić information content (AvgIpc) is 2.34. The van der Waals surface area contributed by atoms with Gasteiger partial charge in [0.2, 0.25) is 5.91 Å². The monoisotopic (exact) mass is 266 g/mol. The number of methoxy groups -OCH3 is 1. The standard InChI is InChI=1S/C13H18N2O4/c1-8-4-5-12(19-3)10(6-8)14-7-11(13(17)18)15-9(2)16/h4-6,11,14H,7H2,1-3H3,(H,15,16)(H,17,18). The van der Waals surface area contributed by atoms with Crippen LogP contribution in [0.3, 0.4) is 0 Å². The van der Waals surface area contributed by atoms with Crippen LogP contribution < -0.4 is 15.4 Å². The minimum Gasteiger partial charge on any atom is -0.495 e.